The summed E-state index contributed by atoms with van der Waals surface area (Å²) < 4.78 is 0. The van der Waals surface area contributed by atoms with E-state index in [9.17, 15) is 9.59 Å². The topological polar surface area (TPSA) is 63.4 Å². The standard InChI is InChI=1S/C15H20N2O2/c1-15(2)9-6-10-17(12(15)13(16)18)14(19)11-7-4-3-5-8-11/h3-5,7-8,12H,6,9-10H2,1-2H3,(H2,16,18)/t12-/m0/s1. The molecule has 1 saturated heterocycles. The van der Waals surface area contributed by atoms with E-state index in [1.807, 2.05) is 32.0 Å². The molecule has 2 amide bonds. The lowest BCUT2D eigenvalue weighted by Gasteiger charge is -2.44. The van der Waals surface area contributed by atoms with Gasteiger partial charge in [0.25, 0.3) is 5.91 Å². The molecule has 102 valence electrons. The van der Waals surface area contributed by atoms with Gasteiger partial charge in [-0.15, -0.1) is 0 Å². The van der Waals surface area contributed by atoms with Crippen LogP contribution in [-0.4, -0.2) is 29.3 Å². The van der Waals surface area contributed by atoms with E-state index in [2.05, 4.69) is 0 Å². The van der Waals surface area contributed by atoms with Crippen LogP contribution in [0.1, 0.15) is 37.0 Å². The first kappa shape index (κ1) is 13.6. The summed E-state index contributed by atoms with van der Waals surface area (Å²) in [6.45, 7) is 4.57. The minimum atomic E-state index is -0.533. The average molecular weight is 260 g/mol. The highest BCUT2D eigenvalue weighted by Gasteiger charge is 2.43. The SMILES string of the molecule is CC1(C)CCCN(C(=O)c2ccccc2)[C@H]1C(N)=O. The number of piperidine rings is 1. The molecule has 1 aliphatic heterocycles. The molecule has 4 nitrogen and oxygen atoms in total. The van der Waals surface area contributed by atoms with Crippen LogP contribution in [0, 0.1) is 5.41 Å². The van der Waals surface area contributed by atoms with E-state index in [4.69, 9.17) is 5.73 Å². The Morgan fingerprint density at radius 1 is 1.26 bits per heavy atom. The first-order chi connectivity index (χ1) is 8.93. The number of nitrogens with two attached hydrogens (primary N) is 1. The van der Waals surface area contributed by atoms with E-state index >= 15 is 0 Å². The molecule has 0 saturated carbocycles. The summed E-state index contributed by atoms with van der Waals surface area (Å²) >= 11 is 0. The molecule has 19 heavy (non-hydrogen) atoms. The van der Waals surface area contributed by atoms with Gasteiger partial charge in [0.1, 0.15) is 6.04 Å². The molecule has 0 spiro atoms. The van der Waals surface area contributed by atoms with Gasteiger partial charge in [-0.3, -0.25) is 9.59 Å². The van der Waals surface area contributed by atoms with Gasteiger partial charge in [0, 0.05) is 12.1 Å². The van der Waals surface area contributed by atoms with Crippen LogP contribution in [0.4, 0.5) is 0 Å². The smallest absolute Gasteiger partial charge is 0.254 e. The highest BCUT2D eigenvalue weighted by atomic mass is 16.2. The summed E-state index contributed by atoms with van der Waals surface area (Å²) in [5.41, 5.74) is 5.85. The lowest BCUT2D eigenvalue weighted by molar-refractivity contribution is -0.128. The zero-order chi connectivity index (χ0) is 14.0. The quantitative estimate of drug-likeness (QED) is 0.881. The van der Waals surface area contributed by atoms with Crippen molar-refractivity contribution in [3.05, 3.63) is 35.9 Å². The Hall–Kier alpha value is -1.84. The maximum Gasteiger partial charge on any atom is 0.254 e. The van der Waals surface area contributed by atoms with Crippen molar-refractivity contribution in [3.63, 3.8) is 0 Å². The first-order valence-corrected chi connectivity index (χ1v) is 6.59. The number of amides is 2. The highest BCUT2D eigenvalue weighted by molar-refractivity contribution is 5.97. The van der Waals surface area contributed by atoms with Crippen molar-refractivity contribution < 1.29 is 9.59 Å². The van der Waals surface area contributed by atoms with Crippen molar-refractivity contribution in [2.45, 2.75) is 32.7 Å². The Morgan fingerprint density at radius 2 is 1.89 bits per heavy atom. The summed E-state index contributed by atoms with van der Waals surface area (Å²) in [5.74, 6) is -0.536. The normalized spacial score (nSPS) is 22.0. The molecule has 0 aromatic heterocycles. The van der Waals surface area contributed by atoms with Gasteiger partial charge < -0.3 is 10.6 Å². The molecule has 1 aromatic carbocycles. The van der Waals surface area contributed by atoms with Crippen molar-refractivity contribution in [1.82, 2.24) is 4.90 Å². The van der Waals surface area contributed by atoms with Crippen LogP contribution in [-0.2, 0) is 4.79 Å². The lowest BCUT2D eigenvalue weighted by atomic mass is 9.76. The van der Waals surface area contributed by atoms with Crippen molar-refractivity contribution in [2.75, 3.05) is 6.54 Å². The van der Waals surface area contributed by atoms with Gasteiger partial charge in [-0.1, -0.05) is 32.0 Å². The molecule has 0 aliphatic carbocycles. The monoisotopic (exact) mass is 260 g/mol. The molecule has 1 aromatic rings. The molecule has 1 atom stereocenters. The third kappa shape index (κ3) is 2.62. The summed E-state index contributed by atoms with van der Waals surface area (Å²) in [6.07, 6.45) is 1.80. The molecule has 0 radical (unpaired) electrons. The first-order valence-electron chi connectivity index (χ1n) is 6.59. The molecule has 0 unspecified atom stereocenters. The fourth-order valence-electron chi connectivity index (χ4n) is 2.90. The van der Waals surface area contributed by atoms with Crippen molar-refractivity contribution in [2.24, 2.45) is 11.1 Å². The van der Waals surface area contributed by atoms with Gasteiger partial charge in [-0.2, -0.15) is 0 Å². The fourth-order valence-corrected chi connectivity index (χ4v) is 2.90. The zero-order valence-electron chi connectivity index (χ0n) is 11.4. The van der Waals surface area contributed by atoms with Gasteiger partial charge >= 0.3 is 0 Å². The van der Waals surface area contributed by atoms with Crippen LogP contribution in [0.25, 0.3) is 0 Å². The Morgan fingerprint density at radius 3 is 2.47 bits per heavy atom. The summed E-state index contributed by atoms with van der Waals surface area (Å²) in [7, 11) is 0. The highest BCUT2D eigenvalue weighted by Crippen LogP contribution is 2.35. The minimum Gasteiger partial charge on any atom is -0.368 e. The Labute approximate surface area is 113 Å². The number of carbonyl (C=O) groups is 2. The predicted molar refractivity (Wildman–Crippen MR) is 73.5 cm³/mol. The Balaban J connectivity index is 2.32. The summed E-state index contributed by atoms with van der Waals surface area (Å²) in [5, 5.41) is 0. The van der Waals surface area contributed by atoms with Crippen LogP contribution < -0.4 is 5.73 Å². The third-order valence-corrected chi connectivity index (χ3v) is 3.82. The van der Waals surface area contributed by atoms with Crippen LogP contribution in [0.5, 0.6) is 0 Å². The van der Waals surface area contributed by atoms with Gasteiger partial charge in [-0.05, 0) is 30.4 Å². The zero-order valence-corrected chi connectivity index (χ0v) is 11.4. The van der Waals surface area contributed by atoms with Crippen LogP contribution in [0.2, 0.25) is 0 Å². The van der Waals surface area contributed by atoms with E-state index in [0.29, 0.717) is 12.1 Å². The second-order valence-corrected chi connectivity index (χ2v) is 5.76. The van der Waals surface area contributed by atoms with E-state index in [-0.39, 0.29) is 11.3 Å². The van der Waals surface area contributed by atoms with Gasteiger partial charge in [0.15, 0.2) is 0 Å². The molecule has 2 rings (SSSR count). The number of nitrogens with zero attached hydrogens (tertiary/aromatic N) is 1. The van der Waals surface area contributed by atoms with E-state index in [1.54, 1.807) is 17.0 Å². The molecule has 1 heterocycles. The number of benzene rings is 1. The molecule has 0 bridgehead atoms. The Kier molecular flexibility index (Phi) is 3.60. The van der Waals surface area contributed by atoms with E-state index < -0.39 is 11.9 Å². The van der Waals surface area contributed by atoms with Crippen molar-refractivity contribution in [3.8, 4) is 0 Å². The van der Waals surface area contributed by atoms with Crippen molar-refractivity contribution in [1.29, 1.82) is 0 Å². The maximum absolute atomic E-state index is 12.5. The third-order valence-electron chi connectivity index (χ3n) is 3.82. The van der Waals surface area contributed by atoms with Crippen LogP contribution in [0.15, 0.2) is 30.3 Å². The number of primary amides is 1. The second kappa shape index (κ2) is 5.03. The lowest BCUT2D eigenvalue weighted by Crippen LogP contribution is -2.58. The van der Waals surface area contributed by atoms with Crippen LogP contribution >= 0.6 is 0 Å². The molecule has 1 fully saturated rings. The number of hydrogen-bond acceptors (Lipinski definition) is 2. The Bertz CT molecular complexity index is 482. The summed E-state index contributed by atoms with van der Waals surface area (Å²) in [6, 6.07) is 8.50. The molecular formula is C15H20N2O2. The average Bonchev–Trinajstić information content (AvgIpc) is 2.37. The molecular weight excluding hydrogens is 240 g/mol. The molecule has 2 N–H and O–H groups in total. The molecule has 4 heteroatoms. The van der Waals surface area contributed by atoms with Gasteiger partial charge in [0.05, 0.1) is 0 Å². The number of likely N-dealkylation sites (tertiary alicyclic amines) is 1. The molecule has 1 aliphatic rings. The van der Waals surface area contributed by atoms with E-state index in [1.165, 1.54) is 0 Å². The maximum atomic E-state index is 12.5. The number of hydrogen-bond donors (Lipinski definition) is 1. The largest absolute Gasteiger partial charge is 0.368 e. The predicted octanol–water partition coefficient (Wildman–Crippen LogP) is 1.80. The van der Waals surface area contributed by atoms with Crippen LogP contribution in [0.3, 0.4) is 0 Å². The second-order valence-electron chi connectivity index (χ2n) is 5.76. The number of carbonyl (C=O) groups excluding carboxylic acids is 2. The van der Waals surface area contributed by atoms with Gasteiger partial charge in [0.2, 0.25) is 5.91 Å². The van der Waals surface area contributed by atoms with Gasteiger partial charge in [-0.25, -0.2) is 0 Å². The summed E-state index contributed by atoms with van der Waals surface area (Å²) in [4.78, 5) is 25.9. The van der Waals surface area contributed by atoms with E-state index in [0.717, 1.165) is 12.8 Å². The number of rotatable bonds is 2. The minimum absolute atomic E-state index is 0.114. The van der Waals surface area contributed by atoms with Crippen molar-refractivity contribution >= 4 is 11.8 Å². The fraction of sp³-hybridized carbons (Fsp3) is 0.467.